The second kappa shape index (κ2) is 7.00. The van der Waals surface area contributed by atoms with Crippen molar-refractivity contribution in [2.24, 2.45) is 0 Å². The summed E-state index contributed by atoms with van der Waals surface area (Å²) >= 11 is 0. The minimum Gasteiger partial charge on any atom is -0.322 e. The highest BCUT2D eigenvalue weighted by atomic mass is 16.6. The summed E-state index contributed by atoms with van der Waals surface area (Å²) < 4.78 is 0. The number of non-ortho nitro benzene ring substituents is 1. The molecule has 0 aliphatic carbocycles. The molecule has 0 bridgehead atoms. The molecule has 0 spiro atoms. The first-order chi connectivity index (χ1) is 10.5. The zero-order valence-electron chi connectivity index (χ0n) is 12.6. The largest absolute Gasteiger partial charge is 0.322 e. The summed E-state index contributed by atoms with van der Waals surface area (Å²) in [6.07, 6.45) is 0.990. The van der Waals surface area contributed by atoms with E-state index in [-0.39, 0.29) is 11.2 Å². The highest BCUT2D eigenvalue weighted by Crippen LogP contribution is 2.21. The highest BCUT2D eigenvalue weighted by Gasteiger charge is 2.09. The Kier molecular flexibility index (Phi) is 5.06. The maximum atomic E-state index is 12.1. The van der Waals surface area contributed by atoms with E-state index >= 15 is 0 Å². The van der Waals surface area contributed by atoms with E-state index < -0.39 is 4.92 Å². The SMILES string of the molecule is CCC(C)NCc1ccc(-c2cccc([N+](=O)[O-])c2)[nH]c1=O. The Morgan fingerprint density at radius 2 is 2.09 bits per heavy atom. The Balaban J connectivity index is 2.24. The molecule has 2 N–H and O–H groups in total. The molecule has 0 aliphatic rings. The van der Waals surface area contributed by atoms with E-state index in [1.807, 2.05) is 0 Å². The molecule has 2 rings (SSSR count). The number of nitrogens with zero attached hydrogens (tertiary/aromatic N) is 1. The topological polar surface area (TPSA) is 88.0 Å². The monoisotopic (exact) mass is 301 g/mol. The Morgan fingerprint density at radius 3 is 2.73 bits per heavy atom. The molecular weight excluding hydrogens is 282 g/mol. The zero-order chi connectivity index (χ0) is 16.1. The fourth-order valence-electron chi connectivity index (χ4n) is 2.03. The molecule has 22 heavy (non-hydrogen) atoms. The summed E-state index contributed by atoms with van der Waals surface area (Å²) in [5.41, 5.74) is 1.66. The number of aromatic nitrogens is 1. The summed E-state index contributed by atoms with van der Waals surface area (Å²) in [7, 11) is 0. The van der Waals surface area contributed by atoms with Gasteiger partial charge in [0.05, 0.1) is 4.92 Å². The molecule has 116 valence electrons. The number of benzene rings is 1. The van der Waals surface area contributed by atoms with Crippen molar-refractivity contribution >= 4 is 5.69 Å². The molecule has 1 heterocycles. The van der Waals surface area contributed by atoms with E-state index in [1.165, 1.54) is 12.1 Å². The third-order valence-electron chi connectivity index (χ3n) is 3.61. The van der Waals surface area contributed by atoms with Gasteiger partial charge in [-0.15, -0.1) is 0 Å². The lowest BCUT2D eigenvalue weighted by atomic mass is 10.1. The summed E-state index contributed by atoms with van der Waals surface area (Å²) in [6.45, 7) is 4.64. The van der Waals surface area contributed by atoms with Crippen LogP contribution in [0.1, 0.15) is 25.8 Å². The number of rotatable bonds is 6. The van der Waals surface area contributed by atoms with Crippen molar-refractivity contribution in [2.75, 3.05) is 0 Å². The van der Waals surface area contributed by atoms with Gasteiger partial charge in [-0.25, -0.2) is 0 Å². The fraction of sp³-hybridized carbons (Fsp3) is 0.312. The van der Waals surface area contributed by atoms with Crippen LogP contribution < -0.4 is 10.9 Å². The molecule has 0 amide bonds. The van der Waals surface area contributed by atoms with Crippen molar-refractivity contribution in [1.29, 1.82) is 0 Å². The van der Waals surface area contributed by atoms with Crippen molar-refractivity contribution in [3.8, 4) is 11.3 Å². The summed E-state index contributed by atoms with van der Waals surface area (Å²) in [5, 5.41) is 14.1. The lowest BCUT2D eigenvalue weighted by Gasteiger charge is -2.11. The molecule has 0 fully saturated rings. The first kappa shape index (κ1) is 15.9. The van der Waals surface area contributed by atoms with Crippen molar-refractivity contribution in [2.45, 2.75) is 32.9 Å². The van der Waals surface area contributed by atoms with Crippen molar-refractivity contribution in [3.05, 3.63) is 62.4 Å². The Labute approximate surface area is 128 Å². The van der Waals surface area contributed by atoms with Crippen LogP contribution in [0.4, 0.5) is 5.69 Å². The average molecular weight is 301 g/mol. The smallest absolute Gasteiger partial charge is 0.270 e. The normalized spacial score (nSPS) is 12.1. The number of nitrogens with one attached hydrogen (secondary N) is 2. The van der Waals surface area contributed by atoms with Gasteiger partial charge in [0.1, 0.15) is 0 Å². The van der Waals surface area contributed by atoms with E-state index in [1.54, 1.807) is 24.3 Å². The lowest BCUT2D eigenvalue weighted by Crippen LogP contribution is -2.28. The van der Waals surface area contributed by atoms with Gasteiger partial charge in [-0.1, -0.05) is 25.1 Å². The first-order valence-corrected chi connectivity index (χ1v) is 7.21. The maximum absolute atomic E-state index is 12.1. The maximum Gasteiger partial charge on any atom is 0.270 e. The number of nitro groups is 1. The molecule has 0 aliphatic heterocycles. The van der Waals surface area contributed by atoms with Gasteiger partial charge in [0, 0.05) is 41.5 Å². The zero-order valence-corrected chi connectivity index (χ0v) is 12.6. The fourth-order valence-corrected chi connectivity index (χ4v) is 2.03. The molecular formula is C16H19N3O3. The van der Waals surface area contributed by atoms with E-state index in [2.05, 4.69) is 24.1 Å². The molecule has 1 aromatic carbocycles. The van der Waals surface area contributed by atoms with Gasteiger partial charge in [-0.2, -0.15) is 0 Å². The van der Waals surface area contributed by atoms with Gasteiger partial charge in [0.2, 0.25) is 0 Å². The summed E-state index contributed by atoms with van der Waals surface area (Å²) in [4.78, 5) is 25.2. The van der Waals surface area contributed by atoms with Crippen molar-refractivity contribution in [1.82, 2.24) is 10.3 Å². The molecule has 1 unspecified atom stereocenters. The predicted molar refractivity (Wildman–Crippen MR) is 85.7 cm³/mol. The Bertz CT molecular complexity index is 725. The van der Waals surface area contributed by atoms with Crippen molar-refractivity contribution in [3.63, 3.8) is 0 Å². The third-order valence-corrected chi connectivity index (χ3v) is 3.61. The van der Waals surface area contributed by atoms with Gasteiger partial charge < -0.3 is 10.3 Å². The second-order valence-electron chi connectivity index (χ2n) is 5.22. The quantitative estimate of drug-likeness (QED) is 0.634. The van der Waals surface area contributed by atoms with E-state index in [9.17, 15) is 14.9 Å². The number of hydrogen-bond donors (Lipinski definition) is 2. The van der Waals surface area contributed by atoms with Crippen LogP contribution in [0.5, 0.6) is 0 Å². The Morgan fingerprint density at radius 1 is 1.32 bits per heavy atom. The van der Waals surface area contributed by atoms with Gasteiger partial charge >= 0.3 is 0 Å². The molecule has 1 aromatic heterocycles. The molecule has 2 aromatic rings. The van der Waals surface area contributed by atoms with Crippen LogP contribution in [0.2, 0.25) is 0 Å². The predicted octanol–water partition coefficient (Wildman–Crippen LogP) is 2.84. The van der Waals surface area contributed by atoms with Gasteiger partial charge in [-0.05, 0) is 19.4 Å². The standard InChI is InChI=1S/C16H19N3O3/c1-3-11(2)17-10-13-7-8-15(18-16(13)20)12-5-4-6-14(9-12)19(21)22/h4-9,11,17H,3,10H2,1-2H3,(H,18,20). The number of H-pyrrole nitrogens is 1. The molecule has 0 saturated heterocycles. The molecule has 6 heteroatoms. The van der Waals surface area contributed by atoms with E-state index in [0.717, 1.165) is 6.42 Å². The van der Waals surface area contributed by atoms with Crippen molar-refractivity contribution < 1.29 is 4.92 Å². The lowest BCUT2D eigenvalue weighted by molar-refractivity contribution is -0.384. The average Bonchev–Trinajstić information content (AvgIpc) is 2.53. The van der Waals surface area contributed by atoms with Gasteiger partial charge in [-0.3, -0.25) is 14.9 Å². The Hall–Kier alpha value is -2.47. The number of nitro benzene ring substituents is 1. The molecule has 1 atom stereocenters. The van der Waals surface area contributed by atoms with Crippen LogP contribution in [0, 0.1) is 10.1 Å². The van der Waals surface area contributed by atoms with Gasteiger partial charge in [0.25, 0.3) is 11.2 Å². The number of aromatic amines is 1. The van der Waals surface area contributed by atoms with E-state index in [0.29, 0.717) is 29.4 Å². The van der Waals surface area contributed by atoms with Crippen LogP contribution in [-0.4, -0.2) is 15.9 Å². The highest BCUT2D eigenvalue weighted by molar-refractivity contribution is 5.62. The number of pyridine rings is 1. The van der Waals surface area contributed by atoms with Crippen LogP contribution >= 0.6 is 0 Å². The van der Waals surface area contributed by atoms with Crippen LogP contribution in [0.25, 0.3) is 11.3 Å². The molecule has 0 saturated carbocycles. The summed E-state index contributed by atoms with van der Waals surface area (Å²) in [5.74, 6) is 0. The van der Waals surface area contributed by atoms with Crippen LogP contribution in [0.3, 0.4) is 0 Å². The molecule has 0 radical (unpaired) electrons. The first-order valence-electron chi connectivity index (χ1n) is 7.21. The second-order valence-corrected chi connectivity index (χ2v) is 5.22. The minimum atomic E-state index is -0.452. The third kappa shape index (κ3) is 3.79. The van der Waals surface area contributed by atoms with Gasteiger partial charge in [0.15, 0.2) is 0 Å². The number of hydrogen-bond acceptors (Lipinski definition) is 4. The minimum absolute atomic E-state index is 0.000799. The molecule has 6 nitrogen and oxygen atoms in total. The van der Waals surface area contributed by atoms with Crippen LogP contribution in [0.15, 0.2) is 41.2 Å². The van der Waals surface area contributed by atoms with Crippen LogP contribution in [-0.2, 0) is 6.54 Å². The van der Waals surface area contributed by atoms with E-state index in [4.69, 9.17) is 0 Å². The summed E-state index contributed by atoms with van der Waals surface area (Å²) in [6, 6.07) is 10.1.